The highest BCUT2D eigenvalue weighted by Crippen LogP contribution is 2.35. The molecule has 1 saturated heterocycles. The number of hydrogen-bond donors (Lipinski definition) is 0. The molecule has 1 unspecified atom stereocenters. The van der Waals surface area contributed by atoms with E-state index in [-0.39, 0.29) is 25.3 Å². The predicted octanol–water partition coefficient (Wildman–Crippen LogP) is 2.25. The van der Waals surface area contributed by atoms with Crippen molar-refractivity contribution in [2.75, 3.05) is 19.7 Å². The number of nitrogens with zero attached hydrogens (tertiary/aromatic N) is 1. The van der Waals surface area contributed by atoms with Gasteiger partial charge in [-0.3, -0.25) is 4.79 Å². The van der Waals surface area contributed by atoms with Crippen molar-refractivity contribution < 1.29 is 23.1 Å². The Kier molecular flexibility index (Phi) is 3.71. The standard InChI is InChI=1S/C18H16FNO5/c1-10-6-14(15-9-23-12-4-2-3-5-13(12)24-15)25-18(22)16(10)17(21)20-7-11(19)8-20/h2-6,11,15H,7-9H2,1H3. The van der Waals surface area contributed by atoms with E-state index in [0.717, 1.165) is 0 Å². The van der Waals surface area contributed by atoms with Crippen LogP contribution in [0, 0.1) is 6.92 Å². The van der Waals surface area contributed by atoms with Crippen LogP contribution in [0.3, 0.4) is 0 Å². The number of amides is 1. The molecule has 1 atom stereocenters. The van der Waals surface area contributed by atoms with Crippen LogP contribution in [0.2, 0.25) is 0 Å². The van der Waals surface area contributed by atoms with E-state index >= 15 is 0 Å². The molecule has 1 aromatic carbocycles. The number of carbonyl (C=O) groups is 1. The fraction of sp³-hybridized carbons (Fsp3) is 0.333. The van der Waals surface area contributed by atoms with Gasteiger partial charge in [0.05, 0.1) is 13.1 Å². The topological polar surface area (TPSA) is 69.0 Å². The molecule has 25 heavy (non-hydrogen) atoms. The maximum atomic E-state index is 12.9. The maximum absolute atomic E-state index is 12.9. The molecule has 3 heterocycles. The van der Waals surface area contributed by atoms with E-state index in [1.54, 1.807) is 25.1 Å². The van der Waals surface area contributed by atoms with Gasteiger partial charge in [0.15, 0.2) is 23.4 Å². The summed E-state index contributed by atoms with van der Waals surface area (Å²) in [5.74, 6) is 0.982. The number of carbonyl (C=O) groups excluding carboxylic acids is 1. The second kappa shape index (κ2) is 5.91. The molecule has 1 amide bonds. The van der Waals surface area contributed by atoms with Gasteiger partial charge in [-0.25, -0.2) is 9.18 Å². The zero-order chi connectivity index (χ0) is 17.6. The summed E-state index contributed by atoms with van der Waals surface area (Å²) >= 11 is 0. The van der Waals surface area contributed by atoms with E-state index in [9.17, 15) is 14.0 Å². The third kappa shape index (κ3) is 2.75. The summed E-state index contributed by atoms with van der Waals surface area (Å²) in [4.78, 5) is 25.9. The summed E-state index contributed by atoms with van der Waals surface area (Å²) in [5, 5.41) is 0. The Bertz CT molecular complexity index is 887. The Morgan fingerprint density at radius 1 is 1.24 bits per heavy atom. The summed E-state index contributed by atoms with van der Waals surface area (Å²) in [7, 11) is 0. The van der Waals surface area contributed by atoms with Gasteiger partial charge in [0, 0.05) is 0 Å². The van der Waals surface area contributed by atoms with Crippen LogP contribution in [-0.4, -0.2) is 36.7 Å². The quantitative estimate of drug-likeness (QED) is 0.835. The normalized spacial score (nSPS) is 19.4. The van der Waals surface area contributed by atoms with Crippen LogP contribution < -0.4 is 15.1 Å². The molecule has 7 heteroatoms. The summed E-state index contributed by atoms with van der Waals surface area (Å²) in [6, 6.07) is 8.81. The molecule has 1 fully saturated rings. The van der Waals surface area contributed by atoms with Gasteiger partial charge in [0.1, 0.15) is 18.3 Å². The van der Waals surface area contributed by atoms with E-state index < -0.39 is 23.8 Å². The molecular weight excluding hydrogens is 329 g/mol. The van der Waals surface area contributed by atoms with Gasteiger partial charge in [0.25, 0.3) is 5.91 Å². The lowest BCUT2D eigenvalue weighted by Gasteiger charge is -2.34. The molecule has 2 aromatic rings. The van der Waals surface area contributed by atoms with Gasteiger partial charge >= 0.3 is 5.63 Å². The fourth-order valence-electron chi connectivity index (χ4n) is 2.96. The molecule has 0 N–H and O–H groups in total. The number of alkyl halides is 1. The lowest BCUT2D eigenvalue weighted by atomic mass is 10.1. The Labute approximate surface area is 142 Å². The molecule has 130 valence electrons. The number of aryl methyl sites for hydroxylation is 1. The smallest absolute Gasteiger partial charge is 0.349 e. The SMILES string of the molecule is Cc1cc(C2COc3ccccc3O2)oc(=O)c1C(=O)N1CC(F)C1. The summed E-state index contributed by atoms with van der Waals surface area (Å²) in [6.45, 7) is 1.87. The lowest BCUT2D eigenvalue weighted by Crippen LogP contribution is -2.52. The Hall–Kier alpha value is -2.83. The number of fused-ring (bicyclic) bond motifs is 1. The monoisotopic (exact) mass is 345 g/mol. The van der Waals surface area contributed by atoms with Crippen molar-refractivity contribution in [3.8, 4) is 11.5 Å². The number of para-hydroxylation sites is 2. The van der Waals surface area contributed by atoms with Crippen molar-refractivity contribution in [1.29, 1.82) is 0 Å². The van der Waals surface area contributed by atoms with Gasteiger partial charge in [-0.2, -0.15) is 0 Å². The number of ether oxygens (including phenoxy) is 2. The number of halogens is 1. The van der Waals surface area contributed by atoms with Crippen LogP contribution in [0.5, 0.6) is 11.5 Å². The molecule has 2 aliphatic heterocycles. The average Bonchev–Trinajstić information content (AvgIpc) is 2.57. The number of hydrogen-bond acceptors (Lipinski definition) is 5. The van der Waals surface area contributed by atoms with Gasteiger partial charge < -0.3 is 18.8 Å². The lowest BCUT2D eigenvalue weighted by molar-refractivity contribution is 0.0391. The van der Waals surface area contributed by atoms with Crippen molar-refractivity contribution in [2.45, 2.75) is 19.2 Å². The third-order valence-corrected chi connectivity index (χ3v) is 4.33. The molecule has 6 nitrogen and oxygen atoms in total. The van der Waals surface area contributed by atoms with E-state index in [0.29, 0.717) is 22.8 Å². The molecule has 4 rings (SSSR count). The predicted molar refractivity (Wildman–Crippen MR) is 85.8 cm³/mol. The van der Waals surface area contributed by atoms with Crippen LogP contribution in [-0.2, 0) is 0 Å². The molecule has 0 aliphatic carbocycles. The van der Waals surface area contributed by atoms with Crippen LogP contribution in [0.25, 0.3) is 0 Å². The first-order valence-electron chi connectivity index (χ1n) is 7.99. The van der Waals surface area contributed by atoms with Crippen molar-refractivity contribution in [1.82, 2.24) is 4.90 Å². The van der Waals surface area contributed by atoms with Gasteiger partial charge in [-0.15, -0.1) is 0 Å². The zero-order valence-electron chi connectivity index (χ0n) is 13.5. The van der Waals surface area contributed by atoms with E-state index in [4.69, 9.17) is 13.9 Å². The zero-order valence-corrected chi connectivity index (χ0v) is 13.5. The van der Waals surface area contributed by atoms with Crippen molar-refractivity contribution in [3.05, 3.63) is 57.6 Å². The number of rotatable bonds is 2. The van der Waals surface area contributed by atoms with E-state index in [2.05, 4.69) is 0 Å². The van der Waals surface area contributed by atoms with E-state index in [1.165, 1.54) is 4.90 Å². The fourth-order valence-corrected chi connectivity index (χ4v) is 2.96. The minimum absolute atomic E-state index is 0.00975. The van der Waals surface area contributed by atoms with Crippen molar-refractivity contribution in [2.24, 2.45) is 0 Å². The van der Waals surface area contributed by atoms with Gasteiger partial charge in [-0.1, -0.05) is 12.1 Å². The highest BCUT2D eigenvalue weighted by atomic mass is 19.1. The Morgan fingerprint density at radius 3 is 2.64 bits per heavy atom. The summed E-state index contributed by atoms with van der Waals surface area (Å²) < 4.78 is 29.7. The molecule has 2 aliphatic rings. The van der Waals surface area contributed by atoms with Crippen LogP contribution in [0.4, 0.5) is 4.39 Å². The van der Waals surface area contributed by atoms with Gasteiger partial charge in [-0.05, 0) is 30.7 Å². The molecule has 0 saturated carbocycles. The third-order valence-electron chi connectivity index (χ3n) is 4.33. The molecule has 0 spiro atoms. The Morgan fingerprint density at radius 2 is 1.96 bits per heavy atom. The minimum Gasteiger partial charge on any atom is -0.485 e. The molecule has 0 radical (unpaired) electrons. The first kappa shape index (κ1) is 15.7. The van der Waals surface area contributed by atoms with Gasteiger partial charge in [0.2, 0.25) is 0 Å². The molecule has 1 aromatic heterocycles. The second-order valence-electron chi connectivity index (χ2n) is 6.17. The molecule has 0 bridgehead atoms. The average molecular weight is 345 g/mol. The van der Waals surface area contributed by atoms with Crippen molar-refractivity contribution >= 4 is 5.91 Å². The van der Waals surface area contributed by atoms with Crippen LogP contribution in [0.15, 0.2) is 39.5 Å². The second-order valence-corrected chi connectivity index (χ2v) is 6.17. The highest BCUT2D eigenvalue weighted by Gasteiger charge is 2.34. The van der Waals surface area contributed by atoms with Crippen LogP contribution in [0.1, 0.15) is 27.8 Å². The largest absolute Gasteiger partial charge is 0.485 e. The number of likely N-dealkylation sites (tertiary alicyclic amines) is 1. The maximum Gasteiger partial charge on any atom is 0.349 e. The first-order valence-corrected chi connectivity index (χ1v) is 7.99. The summed E-state index contributed by atoms with van der Waals surface area (Å²) in [5.41, 5.74) is -0.335. The summed E-state index contributed by atoms with van der Waals surface area (Å²) in [6.07, 6.45) is -1.60. The van der Waals surface area contributed by atoms with E-state index in [1.807, 2.05) is 12.1 Å². The number of benzene rings is 1. The van der Waals surface area contributed by atoms with Crippen molar-refractivity contribution in [3.63, 3.8) is 0 Å². The Balaban J connectivity index is 1.61. The van der Waals surface area contributed by atoms with Crippen LogP contribution >= 0.6 is 0 Å². The first-order chi connectivity index (χ1) is 12.0. The molecular formula is C18H16FNO5. The minimum atomic E-state index is -1.02. The highest BCUT2D eigenvalue weighted by molar-refractivity contribution is 5.95.